The van der Waals surface area contributed by atoms with Crippen LogP contribution in [0.2, 0.25) is 0 Å². The number of Topliss-reactive ketones (excluding diaryl/α,β-unsaturated/α-hetero) is 1. The third kappa shape index (κ3) is 1.56. The lowest BCUT2D eigenvalue weighted by atomic mass is 9.88. The summed E-state index contributed by atoms with van der Waals surface area (Å²) in [7, 11) is 5.77. The van der Waals surface area contributed by atoms with Gasteiger partial charge in [-0.25, -0.2) is 0 Å². The van der Waals surface area contributed by atoms with Gasteiger partial charge in [0.2, 0.25) is 5.78 Å². The molecule has 0 N–H and O–H groups in total. The largest absolute Gasteiger partial charge is 0.294 e. The third-order valence-corrected chi connectivity index (χ3v) is 2.33. The van der Waals surface area contributed by atoms with Crippen molar-refractivity contribution in [2.75, 3.05) is 0 Å². The van der Waals surface area contributed by atoms with Crippen LogP contribution in [0.4, 0.5) is 0 Å². The molecule has 0 heterocycles. The molecule has 0 saturated heterocycles. The highest BCUT2D eigenvalue weighted by Crippen LogP contribution is 2.16. The minimum absolute atomic E-state index is 0.317. The van der Waals surface area contributed by atoms with Crippen molar-refractivity contribution in [2.45, 2.75) is 0 Å². The Hall–Kier alpha value is -1.90. The zero-order chi connectivity index (χ0) is 10.8. The van der Waals surface area contributed by atoms with Crippen LogP contribution in [0.5, 0.6) is 0 Å². The zero-order valence-corrected chi connectivity index (χ0v) is 7.94. The first kappa shape index (κ1) is 9.65. The lowest BCUT2D eigenvalue weighted by Crippen LogP contribution is -2.06. The van der Waals surface area contributed by atoms with Gasteiger partial charge in [-0.1, -0.05) is 41.9 Å². The number of hydrogen-bond donors (Lipinski definition) is 0. The second-order valence-electron chi connectivity index (χ2n) is 3.23. The Morgan fingerprint density at radius 3 is 2.47 bits per heavy atom. The van der Waals surface area contributed by atoms with Gasteiger partial charge in [-0.2, -0.15) is 0 Å². The summed E-state index contributed by atoms with van der Waals surface area (Å²) in [5.41, 5.74) is 1.00. The molecule has 0 aliphatic heterocycles. The van der Waals surface area contributed by atoms with E-state index in [9.17, 15) is 9.59 Å². The van der Waals surface area contributed by atoms with E-state index in [-0.39, 0.29) is 0 Å². The number of rotatable bonds is 2. The molecule has 2 rings (SSSR count). The van der Waals surface area contributed by atoms with Gasteiger partial charge >= 0.3 is 0 Å². The molecule has 0 fully saturated rings. The Balaban J connectivity index is 2.82. The minimum Gasteiger partial charge on any atom is -0.294 e. The molecule has 0 aromatic heterocycles. The Labute approximate surface area is 88.3 Å². The van der Waals surface area contributed by atoms with Crippen LogP contribution in [0.25, 0.3) is 10.8 Å². The van der Waals surface area contributed by atoms with E-state index in [0.717, 1.165) is 10.8 Å². The average Bonchev–Trinajstić information content (AvgIpc) is 2.28. The predicted octanol–water partition coefficient (Wildman–Crippen LogP) is 1.02. The third-order valence-electron chi connectivity index (χ3n) is 2.33. The van der Waals surface area contributed by atoms with E-state index in [0.29, 0.717) is 17.3 Å². The monoisotopic (exact) mass is 194 g/mol. The molecule has 15 heavy (non-hydrogen) atoms. The van der Waals surface area contributed by atoms with Crippen LogP contribution in [-0.4, -0.2) is 19.9 Å². The van der Waals surface area contributed by atoms with Crippen molar-refractivity contribution in [2.24, 2.45) is 0 Å². The second-order valence-corrected chi connectivity index (χ2v) is 3.23. The first-order chi connectivity index (χ1) is 7.24. The lowest BCUT2D eigenvalue weighted by molar-refractivity contribution is -0.104. The van der Waals surface area contributed by atoms with Gasteiger partial charge in [0.05, 0.1) is 0 Å². The van der Waals surface area contributed by atoms with Crippen LogP contribution in [-0.2, 0) is 4.79 Å². The van der Waals surface area contributed by atoms with Gasteiger partial charge in [0.25, 0.3) is 0 Å². The van der Waals surface area contributed by atoms with Crippen molar-refractivity contribution in [3.8, 4) is 0 Å². The van der Waals surface area contributed by atoms with E-state index in [1.807, 2.05) is 6.07 Å². The van der Waals surface area contributed by atoms with Crippen molar-refractivity contribution in [3.63, 3.8) is 0 Å². The van der Waals surface area contributed by atoms with Crippen molar-refractivity contribution in [1.82, 2.24) is 0 Å². The van der Waals surface area contributed by atoms with Crippen LogP contribution >= 0.6 is 0 Å². The van der Waals surface area contributed by atoms with Crippen LogP contribution in [0.1, 0.15) is 10.4 Å². The minimum atomic E-state index is -0.522. The Morgan fingerprint density at radius 1 is 1.07 bits per heavy atom. The Morgan fingerprint density at radius 2 is 1.73 bits per heavy atom. The molecule has 0 saturated carbocycles. The van der Waals surface area contributed by atoms with Gasteiger partial charge in [-0.3, -0.25) is 9.59 Å². The molecule has 3 heteroatoms. The van der Waals surface area contributed by atoms with Gasteiger partial charge in [0.1, 0.15) is 7.85 Å². The first-order valence-corrected chi connectivity index (χ1v) is 4.51. The fourth-order valence-electron chi connectivity index (χ4n) is 1.61. The molecule has 2 radical (unpaired) electrons. The molecule has 0 aliphatic rings. The lowest BCUT2D eigenvalue weighted by Gasteiger charge is -2.04. The van der Waals surface area contributed by atoms with E-state index < -0.39 is 5.78 Å². The second kappa shape index (κ2) is 3.69. The highest BCUT2D eigenvalue weighted by Gasteiger charge is 2.08. The zero-order valence-electron chi connectivity index (χ0n) is 7.94. The van der Waals surface area contributed by atoms with Gasteiger partial charge in [-0.05, 0) is 10.8 Å². The van der Waals surface area contributed by atoms with Crippen LogP contribution in [0.3, 0.4) is 0 Å². The topological polar surface area (TPSA) is 34.1 Å². The predicted molar refractivity (Wildman–Crippen MR) is 59.7 cm³/mol. The Bertz CT molecular complexity index is 546. The molecule has 2 aromatic carbocycles. The fraction of sp³-hybridized carbons (Fsp3) is 0. The quantitative estimate of drug-likeness (QED) is 0.309. The number of carbonyl (C=O) groups is 2. The van der Waals surface area contributed by atoms with Crippen molar-refractivity contribution in [1.29, 1.82) is 0 Å². The number of fused-ring (bicyclic) bond motifs is 1. The maximum atomic E-state index is 11.3. The summed E-state index contributed by atoms with van der Waals surface area (Å²) in [5.74, 6) is -0.522. The van der Waals surface area contributed by atoms with Crippen LogP contribution in [0, 0.1) is 0 Å². The summed E-state index contributed by atoms with van der Waals surface area (Å²) in [4.78, 5) is 21.8. The number of ketones is 1. The van der Waals surface area contributed by atoms with Gasteiger partial charge in [0.15, 0.2) is 6.29 Å². The molecule has 2 nitrogen and oxygen atoms in total. The maximum Gasteiger partial charge on any atom is 0.225 e. The smallest absolute Gasteiger partial charge is 0.225 e. The molecule has 0 spiro atoms. The molecule has 0 aliphatic carbocycles. The molecule has 2 aromatic rings. The number of benzene rings is 2. The molecule has 0 unspecified atom stereocenters. The Kier molecular flexibility index (Phi) is 2.38. The van der Waals surface area contributed by atoms with E-state index in [1.165, 1.54) is 0 Å². The van der Waals surface area contributed by atoms with Crippen LogP contribution < -0.4 is 5.46 Å². The molecular weight excluding hydrogens is 187 g/mol. The van der Waals surface area contributed by atoms with E-state index >= 15 is 0 Å². The van der Waals surface area contributed by atoms with E-state index in [4.69, 9.17) is 7.85 Å². The summed E-state index contributed by atoms with van der Waals surface area (Å²) in [6, 6.07) is 10.5. The highest BCUT2D eigenvalue weighted by atomic mass is 16.2. The standard InChI is InChI=1S/C12H7BO2/c13-11-6-2-3-8-9(11)4-1-5-10(8)12(15)7-14/h1-7H. The SMILES string of the molecule is [B]c1cccc2c(C(=O)C=O)cccc12. The van der Waals surface area contributed by atoms with Crippen molar-refractivity contribution < 1.29 is 9.59 Å². The van der Waals surface area contributed by atoms with Gasteiger partial charge < -0.3 is 0 Å². The number of carbonyl (C=O) groups excluding carboxylic acids is 2. The van der Waals surface area contributed by atoms with E-state index in [2.05, 4.69) is 0 Å². The molecule has 0 amide bonds. The summed E-state index contributed by atoms with van der Waals surface area (Å²) in [6.07, 6.45) is 0.317. The summed E-state index contributed by atoms with van der Waals surface area (Å²) in [6.45, 7) is 0. The fourth-order valence-corrected chi connectivity index (χ4v) is 1.61. The first-order valence-electron chi connectivity index (χ1n) is 4.51. The van der Waals surface area contributed by atoms with Gasteiger partial charge in [-0.15, -0.1) is 0 Å². The highest BCUT2D eigenvalue weighted by molar-refractivity contribution is 6.41. The number of hydrogen-bond acceptors (Lipinski definition) is 2. The number of aldehydes is 1. The normalized spacial score (nSPS) is 10.1. The molecule has 70 valence electrons. The molecular formula is C12H7BO2. The summed E-state index contributed by atoms with van der Waals surface area (Å²) >= 11 is 0. The van der Waals surface area contributed by atoms with Crippen molar-refractivity contribution in [3.05, 3.63) is 42.0 Å². The van der Waals surface area contributed by atoms with Crippen LogP contribution in [0.15, 0.2) is 36.4 Å². The van der Waals surface area contributed by atoms with Crippen molar-refractivity contribution >= 4 is 36.2 Å². The average molecular weight is 194 g/mol. The molecule has 0 atom stereocenters. The summed E-state index contributed by atoms with van der Waals surface area (Å²) < 4.78 is 0. The molecule has 0 bridgehead atoms. The van der Waals surface area contributed by atoms with E-state index in [1.54, 1.807) is 30.3 Å². The maximum absolute atomic E-state index is 11.3. The van der Waals surface area contributed by atoms with Gasteiger partial charge in [0, 0.05) is 5.56 Å². The summed E-state index contributed by atoms with van der Waals surface area (Å²) in [5, 5.41) is 1.51.